The Balaban J connectivity index is 1.20. The van der Waals surface area contributed by atoms with E-state index < -0.39 is 0 Å². The highest BCUT2D eigenvalue weighted by molar-refractivity contribution is 6.33. The summed E-state index contributed by atoms with van der Waals surface area (Å²) in [4.78, 5) is 16.0. The Morgan fingerprint density at radius 3 is 1.68 bits per heavy atom. The number of furan rings is 2. The number of rotatable bonds is 4. The number of aromatic nitrogens is 4. The molecule has 59 heavy (non-hydrogen) atoms. The quantitative estimate of drug-likeness (QED) is 0.167. The van der Waals surface area contributed by atoms with Crippen molar-refractivity contribution in [2.75, 3.05) is 0 Å². The molecule has 0 N–H and O–H groups in total. The van der Waals surface area contributed by atoms with Crippen molar-refractivity contribution in [2.24, 2.45) is 0 Å². The maximum Gasteiger partial charge on any atom is 0.238 e. The van der Waals surface area contributed by atoms with E-state index in [2.05, 4.69) is 120 Å². The Hall–Kier alpha value is -8.09. The van der Waals surface area contributed by atoms with E-state index in [9.17, 15) is 0 Å². The van der Waals surface area contributed by atoms with Crippen molar-refractivity contribution in [1.82, 2.24) is 19.5 Å². The van der Waals surface area contributed by atoms with Gasteiger partial charge in [0.1, 0.15) is 22.3 Å². The smallest absolute Gasteiger partial charge is 0.238 e. The summed E-state index contributed by atoms with van der Waals surface area (Å²) in [6.45, 7) is 0. The van der Waals surface area contributed by atoms with Crippen molar-refractivity contribution >= 4 is 87.2 Å². The van der Waals surface area contributed by atoms with Gasteiger partial charge in [0, 0.05) is 60.0 Å². The van der Waals surface area contributed by atoms with E-state index in [4.69, 9.17) is 23.8 Å². The summed E-state index contributed by atoms with van der Waals surface area (Å²) >= 11 is 0. The molecule has 0 unspecified atom stereocenters. The van der Waals surface area contributed by atoms with E-state index in [0.29, 0.717) is 17.6 Å². The molecule has 0 spiro atoms. The van der Waals surface area contributed by atoms with Gasteiger partial charge >= 0.3 is 0 Å². The molecule has 0 aliphatic carbocycles. The fraction of sp³-hybridized carbons (Fsp3) is 0. The first kappa shape index (κ1) is 32.0. The molecule has 274 valence electrons. The topological polar surface area (TPSA) is 69.9 Å². The first-order valence-corrected chi connectivity index (χ1v) is 19.8. The van der Waals surface area contributed by atoms with Gasteiger partial charge in [-0.25, -0.2) is 4.98 Å². The van der Waals surface area contributed by atoms with Crippen LogP contribution in [0.15, 0.2) is 191 Å². The molecular weight excluding hydrogens is 725 g/mol. The van der Waals surface area contributed by atoms with Crippen molar-refractivity contribution in [3.8, 4) is 39.9 Å². The maximum absolute atomic E-state index is 6.70. The van der Waals surface area contributed by atoms with Gasteiger partial charge in [-0.3, -0.25) is 4.57 Å². The Bertz CT molecular complexity index is 3860. The minimum absolute atomic E-state index is 0.517. The standard InChI is InChI=1S/C53H30N4O2/c1-2-14-31(15-3-1)51-54-52(32-28-29-37-35-18-8-10-26-44(35)58-46(37)30-32)56-53(55-51)57-48-40(42-24-13-23-41-36-19-9-11-27-45(36)59-50(41)42)22-12-25-43(48)47-38-20-6-4-16-33(38)34-17-5-7-21-39(34)49(47)57/h1-30H. The average Bonchev–Trinajstić information content (AvgIpc) is 3.99. The lowest BCUT2D eigenvalue weighted by molar-refractivity contribution is 0.669. The van der Waals surface area contributed by atoms with E-state index in [1.54, 1.807) is 0 Å². The zero-order valence-electron chi connectivity index (χ0n) is 31.4. The first-order valence-electron chi connectivity index (χ1n) is 19.8. The van der Waals surface area contributed by atoms with E-state index in [0.717, 1.165) is 104 Å². The number of nitrogens with zero attached hydrogens (tertiary/aromatic N) is 4. The molecule has 13 aromatic rings. The average molecular weight is 755 g/mol. The van der Waals surface area contributed by atoms with Crippen LogP contribution in [-0.4, -0.2) is 19.5 Å². The SMILES string of the molecule is c1ccc(-c2nc(-c3ccc4c(c3)oc3ccccc34)nc(-n3c4c(-c5cccc6c5oc5ccccc56)cccc4c4c5ccccc5c5ccccc5c43)n2)cc1. The van der Waals surface area contributed by atoms with Gasteiger partial charge in [0.15, 0.2) is 11.6 Å². The lowest BCUT2D eigenvalue weighted by Gasteiger charge is -2.14. The zero-order chi connectivity index (χ0) is 38.6. The Labute approximate surface area is 336 Å². The summed E-state index contributed by atoms with van der Waals surface area (Å²) in [5.74, 6) is 1.64. The van der Waals surface area contributed by atoms with Gasteiger partial charge in [-0.15, -0.1) is 0 Å². The van der Waals surface area contributed by atoms with Crippen molar-refractivity contribution in [1.29, 1.82) is 0 Å². The van der Waals surface area contributed by atoms with Gasteiger partial charge in [0.25, 0.3) is 0 Å². The zero-order valence-corrected chi connectivity index (χ0v) is 31.4. The fourth-order valence-electron chi connectivity index (χ4n) is 9.28. The second-order valence-corrected chi connectivity index (χ2v) is 15.1. The lowest BCUT2D eigenvalue weighted by Crippen LogP contribution is -2.07. The third kappa shape index (κ3) is 4.65. The van der Waals surface area contributed by atoms with Crippen molar-refractivity contribution < 1.29 is 8.83 Å². The third-order valence-corrected chi connectivity index (χ3v) is 11.8. The predicted molar refractivity (Wildman–Crippen MR) is 240 cm³/mol. The van der Waals surface area contributed by atoms with E-state index >= 15 is 0 Å². The molecule has 0 aliphatic heterocycles. The summed E-state index contributed by atoms with van der Waals surface area (Å²) < 4.78 is 15.3. The fourth-order valence-corrected chi connectivity index (χ4v) is 9.28. The van der Waals surface area contributed by atoms with Crippen LogP contribution in [-0.2, 0) is 0 Å². The second kappa shape index (κ2) is 12.2. The van der Waals surface area contributed by atoms with Crippen LogP contribution in [0.4, 0.5) is 0 Å². The number of para-hydroxylation sites is 4. The van der Waals surface area contributed by atoms with Crippen LogP contribution in [0.25, 0.3) is 127 Å². The van der Waals surface area contributed by atoms with Gasteiger partial charge < -0.3 is 8.83 Å². The van der Waals surface area contributed by atoms with Gasteiger partial charge in [-0.2, -0.15) is 9.97 Å². The van der Waals surface area contributed by atoms with Gasteiger partial charge in [-0.1, -0.05) is 158 Å². The van der Waals surface area contributed by atoms with E-state index in [1.807, 2.05) is 66.7 Å². The van der Waals surface area contributed by atoms with Crippen LogP contribution in [0.2, 0.25) is 0 Å². The highest BCUT2D eigenvalue weighted by Gasteiger charge is 2.25. The normalized spacial score (nSPS) is 12.1. The summed E-state index contributed by atoms with van der Waals surface area (Å²) in [5.41, 5.74) is 9.08. The van der Waals surface area contributed by atoms with Crippen LogP contribution in [0.1, 0.15) is 0 Å². The second-order valence-electron chi connectivity index (χ2n) is 15.1. The molecule has 0 aliphatic rings. The highest BCUT2D eigenvalue weighted by atomic mass is 16.3. The molecule has 0 bridgehead atoms. The van der Waals surface area contributed by atoms with Crippen LogP contribution in [0.3, 0.4) is 0 Å². The number of hydrogen-bond donors (Lipinski definition) is 0. The minimum atomic E-state index is 0.517. The first-order chi connectivity index (χ1) is 29.3. The predicted octanol–water partition coefficient (Wildman–Crippen LogP) is 14.1. The molecule has 4 heterocycles. The monoisotopic (exact) mass is 754 g/mol. The number of fused-ring (bicyclic) bond motifs is 14. The van der Waals surface area contributed by atoms with E-state index in [1.165, 1.54) is 5.39 Å². The van der Waals surface area contributed by atoms with Gasteiger partial charge in [-0.05, 0) is 40.4 Å². The maximum atomic E-state index is 6.70. The molecule has 0 amide bonds. The van der Waals surface area contributed by atoms with Gasteiger partial charge in [0.05, 0.1) is 11.0 Å². The number of hydrogen-bond acceptors (Lipinski definition) is 5. The van der Waals surface area contributed by atoms with Crippen LogP contribution >= 0.6 is 0 Å². The Morgan fingerprint density at radius 1 is 0.339 bits per heavy atom. The molecule has 0 fully saturated rings. The summed E-state index contributed by atoms with van der Waals surface area (Å²) in [7, 11) is 0. The molecule has 0 atom stereocenters. The van der Waals surface area contributed by atoms with Crippen LogP contribution in [0, 0.1) is 0 Å². The Kier molecular flexibility index (Phi) is 6.63. The molecule has 0 saturated heterocycles. The number of benzene rings is 9. The molecule has 9 aromatic carbocycles. The minimum Gasteiger partial charge on any atom is -0.456 e. The molecule has 4 aromatic heterocycles. The molecular formula is C53H30N4O2. The molecule has 0 radical (unpaired) electrons. The molecule has 13 rings (SSSR count). The van der Waals surface area contributed by atoms with Crippen molar-refractivity contribution in [3.63, 3.8) is 0 Å². The largest absolute Gasteiger partial charge is 0.456 e. The highest BCUT2D eigenvalue weighted by Crippen LogP contribution is 2.46. The summed E-state index contributed by atoms with van der Waals surface area (Å²) in [5, 5.41) is 11.1. The molecule has 0 saturated carbocycles. The van der Waals surface area contributed by atoms with Crippen LogP contribution < -0.4 is 0 Å². The molecule has 6 nitrogen and oxygen atoms in total. The lowest BCUT2D eigenvalue weighted by atomic mass is 9.95. The van der Waals surface area contributed by atoms with E-state index in [-0.39, 0.29) is 0 Å². The molecule has 6 heteroatoms. The van der Waals surface area contributed by atoms with Gasteiger partial charge in [0.2, 0.25) is 5.95 Å². The van der Waals surface area contributed by atoms with Crippen molar-refractivity contribution in [2.45, 2.75) is 0 Å². The van der Waals surface area contributed by atoms with Crippen LogP contribution in [0.5, 0.6) is 0 Å². The summed E-state index contributed by atoms with van der Waals surface area (Å²) in [6.07, 6.45) is 0. The van der Waals surface area contributed by atoms with Crippen molar-refractivity contribution in [3.05, 3.63) is 182 Å². The summed E-state index contributed by atoms with van der Waals surface area (Å²) in [6, 6.07) is 63.1. The Morgan fingerprint density at radius 2 is 0.898 bits per heavy atom. The third-order valence-electron chi connectivity index (χ3n) is 11.8.